The third-order valence-electron chi connectivity index (χ3n) is 3.31. The van der Waals surface area contributed by atoms with Gasteiger partial charge in [0.2, 0.25) is 0 Å². The summed E-state index contributed by atoms with van der Waals surface area (Å²) in [5.41, 5.74) is 3.38. The first-order valence-corrected chi connectivity index (χ1v) is 6.43. The molecule has 2 aromatic rings. The van der Waals surface area contributed by atoms with E-state index in [4.69, 9.17) is 0 Å². The van der Waals surface area contributed by atoms with E-state index in [0.29, 0.717) is 5.56 Å². The van der Waals surface area contributed by atoms with Crippen LogP contribution in [0.15, 0.2) is 30.3 Å². The largest absolute Gasteiger partial charge is 0.508 e. The summed E-state index contributed by atoms with van der Waals surface area (Å²) in [5, 5.41) is 29.4. The summed E-state index contributed by atoms with van der Waals surface area (Å²) in [6, 6.07) is 8.53. The van der Waals surface area contributed by atoms with E-state index in [1.807, 2.05) is 19.1 Å². The first kappa shape index (κ1) is 13.3. The van der Waals surface area contributed by atoms with Gasteiger partial charge in [-0.2, -0.15) is 0 Å². The van der Waals surface area contributed by atoms with Crippen LogP contribution in [0.3, 0.4) is 0 Å². The van der Waals surface area contributed by atoms with Crippen molar-refractivity contribution in [3.05, 3.63) is 41.5 Å². The van der Waals surface area contributed by atoms with Gasteiger partial charge >= 0.3 is 0 Å². The number of hydrogen-bond donors (Lipinski definition) is 3. The second-order valence-electron chi connectivity index (χ2n) is 4.56. The minimum atomic E-state index is -0.150. The molecule has 3 nitrogen and oxygen atoms in total. The lowest BCUT2D eigenvalue weighted by molar-refractivity contribution is 0.430. The summed E-state index contributed by atoms with van der Waals surface area (Å²) in [5.74, 6) is -0.371. The summed E-state index contributed by atoms with van der Waals surface area (Å²) < 4.78 is 0. The van der Waals surface area contributed by atoms with Gasteiger partial charge in [0.1, 0.15) is 17.2 Å². The van der Waals surface area contributed by atoms with Crippen molar-refractivity contribution in [1.82, 2.24) is 0 Å². The second-order valence-corrected chi connectivity index (χ2v) is 4.56. The van der Waals surface area contributed by atoms with Crippen LogP contribution in [0.25, 0.3) is 11.1 Å². The summed E-state index contributed by atoms with van der Waals surface area (Å²) >= 11 is 0. The molecule has 0 spiro atoms. The smallest absolute Gasteiger partial charge is 0.130 e. The van der Waals surface area contributed by atoms with Gasteiger partial charge in [0.05, 0.1) is 5.56 Å². The molecule has 0 saturated carbocycles. The van der Waals surface area contributed by atoms with Crippen LogP contribution in [-0.2, 0) is 12.8 Å². The number of hydrogen-bond acceptors (Lipinski definition) is 3. The first-order chi connectivity index (χ1) is 9.06. The van der Waals surface area contributed by atoms with E-state index in [1.54, 1.807) is 0 Å². The highest BCUT2D eigenvalue weighted by Crippen LogP contribution is 2.42. The van der Waals surface area contributed by atoms with Gasteiger partial charge in [-0.15, -0.1) is 0 Å². The summed E-state index contributed by atoms with van der Waals surface area (Å²) in [4.78, 5) is 0. The minimum absolute atomic E-state index is 0.111. The Labute approximate surface area is 112 Å². The van der Waals surface area contributed by atoms with Crippen molar-refractivity contribution < 1.29 is 15.3 Å². The fourth-order valence-electron chi connectivity index (χ4n) is 2.26. The van der Waals surface area contributed by atoms with Crippen LogP contribution in [0, 0.1) is 0 Å². The van der Waals surface area contributed by atoms with Crippen molar-refractivity contribution in [2.45, 2.75) is 26.7 Å². The number of aryl methyl sites for hydroxylation is 2. The number of phenolic OH excluding ortho intramolecular Hbond substituents is 3. The van der Waals surface area contributed by atoms with Gasteiger partial charge in [0, 0.05) is 12.1 Å². The number of aromatic hydroxyl groups is 3. The third kappa shape index (κ3) is 2.50. The predicted octanol–water partition coefficient (Wildman–Crippen LogP) is 3.60. The lowest BCUT2D eigenvalue weighted by atomic mass is 9.94. The Kier molecular flexibility index (Phi) is 3.65. The summed E-state index contributed by atoms with van der Waals surface area (Å²) in [6.07, 6.45) is 1.69. The van der Waals surface area contributed by atoms with Crippen LogP contribution in [0.4, 0.5) is 0 Å². The van der Waals surface area contributed by atoms with Gasteiger partial charge < -0.3 is 15.3 Å². The molecule has 0 fully saturated rings. The summed E-state index contributed by atoms with van der Waals surface area (Å²) in [6.45, 7) is 4.08. The van der Waals surface area contributed by atoms with Crippen LogP contribution in [0.2, 0.25) is 0 Å². The van der Waals surface area contributed by atoms with Crippen molar-refractivity contribution in [2.75, 3.05) is 0 Å². The first-order valence-electron chi connectivity index (χ1n) is 6.43. The fraction of sp³-hybridized carbons (Fsp3) is 0.250. The van der Waals surface area contributed by atoms with Gasteiger partial charge in [-0.25, -0.2) is 0 Å². The van der Waals surface area contributed by atoms with Crippen molar-refractivity contribution in [2.24, 2.45) is 0 Å². The molecule has 0 heterocycles. The Morgan fingerprint density at radius 1 is 0.842 bits per heavy atom. The van der Waals surface area contributed by atoms with Crippen LogP contribution in [0.5, 0.6) is 17.2 Å². The molecule has 0 amide bonds. The van der Waals surface area contributed by atoms with Crippen LogP contribution < -0.4 is 0 Å². The zero-order chi connectivity index (χ0) is 14.0. The summed E-state index contributed by atoms with van der Waals surface area (Å²) in [7, 11) is 0. The number of benzene rings is 2. The molecule has 0 aromatic heterocycles. The maximum atomic E-state index is 9.99. The normalized spacial score (nSPS) is 10.6. The molecule has 0 aliphatic rings. The van der Waals surface area contributed by atoms with Gasteiger partial charge in [-0.1, -0.05) is 32.0 Å². The van der Waals surface area contributed by atoms with Gasteiger partial charge in [0.15, 0.2) is 0 Å². The molecular formula is C16H18O3. The highest BCUT2D eigenvalue weighted by Gasteiger charge is 2.15. The molecule has 0 atom stereocenters. The molecule has 3 N–H and O–H groups in total. The van der Waals surface area contributed by atoms with Crippen LogP contribution in [-0.4, -0.2) is 15.3 Å². The molecule has 0 aliphatic heterocycles. The fourth-order valence-corrected chi connectivity index (χ4v) is 2.26. The van der Waals surface area contributed by atoms with E-state index in [9.17, 15) is 15.3 Å². The molecule has 2 rings (SSSR count). The predicted molar refractivity (Wildman–Crippen MR) is 75.6 cm³/mol. The Morgan fingerprint density at radius 3 is 2.00 bits per heavy atom. The lowest BCUT2D eigenvalue weighted by Gasteiger charge is -2.13. The molecular weight excluding hydrogens is 240 g/mol. The van der Waals surface area contributed by atoms with E-state index < -0.39 is 0 Å². The van der Waals surface area contributed by atoms with E-state index in [-0.39, 0.29) is 17.2 Å². The van der Waals surface area contributed by atoms with Gasteiger partial charge in [-0.3, -0.25) is 0 Å². The average Bonchev–Trinajstić information content (AvgIpc) is 2.37. The molecule has 19 heavy (non-hydrogen) atoms. The topological polar surface area (TPSA) is 60.7 Å². The molecule has 0 unspecified atom stereocenters. The van der Waals surface area contributed by atoms with Crippen molar-refractivity contribution in [3.8, 4) is 28.4 Å². The minimum Gasteiger partial charge on any atom is -0.508 e. The molecule has 3 heteroatoms. The number of rotatable bonds is 3. The highest BCUT2D eigenvalue weighted by molar-refractivity contribution is 5.80. The number of phenols is 3. The van der Waals surface area contributed by atoms with Gasteiger partial charge in [-0.05, 0) is 29.5 Å². The zero-order valence-electron chi connectivity index (χ0n) is 11.1. The Hall–Kier alpha value is -2.16. The van der Waals surface area contributed by atoms with E-state index in [2.05, 4.69) is 13.0 Å². The van der Waals surface area contributed by atoms with E-state index in [1.165, 1.54) is 12.1 Å². The Balaban J connectivity index is 2.70. The molecule has 0 radical (unpaired) electrons. The van der Waals surface area contributed by atoms with Crippen molar-refractivity contribution in [3.63, 3.8) is 0 Å². The molecule has 0 saturated heterocycles. The Bertz CT molecular complexity index is 580. The molecule has 0 aliphatic carbocycles. The Morgan fingerprint density at radius 2 is 1.47 bits per heavy atom. The van der Waals surface area contributed by atoms with Crippen LogP contribution in [0.1, 0.15) is 25.0 Å². The maximum absolute atomic E-state index is 9.99. The van der Waals surface area contributed by atoms with Crippen molar-refractivity contribution in [1.29, 1.82) is 0 Å². The zero-order valence-corrected chi connectivity index (χ0v) is 11.1. The third-order valence-corrected chi connectivity index (χ3v) is 3.31. The van der Waals surface area contributed by atoms with Crippen LogP contribution >= 0.6 is 0 Å². The second kappa shape index (κ2) is 5.22. The molecule has 100 valence electrons. The average molecular weight is 258 g/mol. The van der Waals surface area contributed by atoms with E-state index in [0.717, 1.165) is 29.5 Å². The monoisotopic (exact) mass is 258 g/mol. The molecule has 0 bridgehead atoms. The van der Waals surface area contributed by atoms with E-state index >= 15 is 0 Å². The SMILES string of the molecule is CCc1ccc(CC)c(-c2c(O)cc(O)cc2O)c1. The van der Waals surface area contributed by atoms with Gasteiger partial charge in [0.25, 0.3) is 0 Å². The highest BCUT2D eigenvalue weighted by atomic mass is 16.3. The quantitative estimate of drug-likeness (QED) is 0.788. The maximum Gasteiger partial charge on any atom is 0.130 e. The van der Waals surface area contributed by atoms with Crippen molar-refractivity contribution >= 4 is 0 Å². The lowest BCUT2D eigenvalue weighted by Crippen LogP contribution is -1.92. The standard InChI is InChI=1S/C16H18O3/c1-3-10-5-6-11(4-2)13(7-10)16-14(18)8-12(17)9-15(16)19/h5-9,17-19H,3-4H2,1-2H3. The molecule has 2 aromatic carbocycles.